The highest BCUT2D eigenvalue weighted by atomic mass is 32.2. The Morgan fingerprint density at radius 3 is 1.86 bits per heavy atom. The molecular formula is C54H48N6O10S2. The van der Waals surface area contributed by atoms with Gasteiger partial charge in [0.15, 0.2) is 22.3 Å². The fourth-order valence-electron chi connectivity index (χ4n) is 8.35. The first-order valence-corrected chi connectivity index (χ1v) is 24.5. The van der Waals surface area contributed by atoms with Gasteiger partial charge in [0, 0.05) is 17.2 Å². The Morgan fingerprint density at radius 1 is 0.778 bits per heavy atom. The van der Waals surface area contributed by atoms with Crippen molar-refractivity contribution >= 4 is 51.7 Å². The highest BCUT2D eigenvalue weighted by Gasteiger charge is 2.66. The first-order chi connectivity index (χ1) is 35.1. The van der Waals surface area contributed by atoms with Gasteiger partial charge in [-0.3, -0.25) is 19.5 Å². The van der Waals surface area contributed by atoms with Crippen LogP contribution in [0.15, 0.2) is 174 Å². The molecule has 18 heteroatoms. The summed E-state index contributed by atoms with van der Waals surface area (Å²) < 4.78 is 29.6. The first-order valence-electron chi connectivity index (χ1n) is 22.5. The molecule has 1 fully saturated rings. The van der Waals surface area contributed by atoms with Gasteiger partial charge in [-0.25, -0.2) is 9.78 Å². The van der Waals surface area contributed by atoms with Crippen molar-refractivity contribution in [1.82, 2.24) is 20.2 Å². The molecule has 16 nitrogen and oxygen atoms in total. The molecule has 366 valence electrons. The molecule has 4 heterocycles. The number of thioether (sulfide) groups is 1. The van der Waals surface area contributed by atoms with Gasteiger partial charge in [0.2, 0.25) is 0 Å². The zero-order chi connectivity index (χ0) is 50.1. The van der Waals surface area contributed by atoms with Crippen LogP contribution in [0.25, 0.3) is 0 Å². The number of oxime groups is 1. The summed E-state index contributed by atoms with van der Waals surface area (Å²) in [6.45, 7) is 0.0156. The van der Waals surface area contributed by atoms with E-state index in [1.165, 1.54) is 42.5 Å². The monoisotopic (exact) mass is 1000 g/mol. The summed E-state index contributed by atoms with van der Waals surface area (Å²) in [5, 5.41) is 21.8. The molecule has 0 radical (unpaired) electrons. The summed E-state index contributed by atoms with van der Waals surface area (Å²) in [5.74, 6) is -0.708. The van der Waals surface area contributed by atoms with Crippen molar-refractivity contribution in [3.8, 4) is 23.0 Å². The summed E-state index contributed by atoms with van der Waals surface area (Å²) in [5.41, 5.74) is 1.47. The van der Waals surface area contributed by atoms with Gasteiger partial charge in [-0.15, -0.1) is 23.1 Å². The Morgan fingerprint density at radius 2 is 1.33 bits per heavy atom. The lowest BCUT2D eigenvalue weighted by molar-refractivity contribution is -0.200. The maximum absolute atomic E-state index is 14.7. The molecule has 2 amide bonds. The van der Waals surface area contributed by atoms with E-state index in [9.17, 15) is 19.5 Å². The Hall–Kier alpha value is -8.19. The van der Waals surface area contributed by atoms with Crippen molar-refractivity contribution < 1.29 is 48.0 Å². The molecule has 0 saturated carbocycles. The number of hydrogen-bond acceptors (Lipinski definition) is 15. The summed E-state index contributed by atoms with van der Waals surface area (Å²) >= 11 is 2.46. The van der Waals surface area contributed by atoms with Crippen molar-refractivity contribution in [1.29, 1.82) is 0 Å². The number of carboxylic acids is 1. The number of hydrogen-bond donors (Lipinski definition) is 3. The van der Waals surface area contributed by atoms with Crippen molar-refractivity contribution in [2.45, 2.75) is 36.5 Å². The van der Waals surface area contributed by atoms with Crippen LogP contribution in [0, 0.1) is 0 Å². The Kier molecular flexibility index (Phi) is 14.8. The number of nitrogens with zero attached hydrogens (tertiary/aromatic N) is 4. The van der Waals surface area contributed by atoms with E-state index in [0.29, 0.717) is 33.8 Å². The standard InChI is InChI=1S/C54H48N6O10S2/c1-65-41-23-19-35(20-24-41)31-68-45-29-40(55-30-46(45)69-32-36-21-25-42(66-2)26-22-36)33-70-54(50(64)60-44(49(62)63)27-28-71-51(54)60)57-48(61)47(59-67-3)43-34-72-52(56-43)58-53(37-13-7-4-8-14-37,38-15-9-5-10-16-38)39-17-11-6-12-18-39/h4-27,29-30,34,51H,28,31-33H2,1-3H3,(H,56,58)(H,57,61)(H,62,63)/t51-,54-/m0/s1. The molecule has 7 aromatic rings. The van der Waals surface area contributed by atoms with Crippen molar-refractivity contribution in [2.24, 2.45) is 5.16 Å². The van der Waals surface area contributed by atoms with Crippen LogP contribution in [0.1, 0.15) is 39.2 Å². The largest absolute Gasteiger partial charge is 0.497 e. The van der Waals surface area contributed by atoms with E-state index in [4.69, 9.17) is 33.5 Å². The average Bonchev–Trinajstić information content (AvgIpc) is 3.90. The number of carbonyl (C=O) groups excluding carboxylic acids is 2. The van der Waals surface area contributed by atoms with Gasteiger partial charge in [-0.05, 0) is 58.2 Å². The summed E-state index contributed by atoms with van der Waals surface area (Å²) in [4.78, 5) is 57.3. The van der Waals surface area contributed by atoms with Gasteiger partial charge in [0.25, 0.3) is 17.5 Å². The SMILES string of the molecule is CON=C(C(=O)N[C@]1(OCc2cc(OCc3ccc(OC)cc3)c(OCc3ccc(OC)cc3)cn2)C(=O)N2C(C(=O)O)=CCS[C@H]21)c1csc(NC(c2ccccc2)(c2ccccc2)c2ccccc2)n1. The molecule has 2 atom stereocenters. The summed E-state index contributed by atoms with van der Waals surface area (Å²) in [6, 6.07) is 46.4. The molecule has 2 aromatic heterocycles. The number of anilines is 1. The normalized spacial score (nSPS) is 16.3. The second-order valence-electron chi connectivity index (χ2n) is 16.3. The number of nitrogens with one attached hydrogen (secondary N) is 2. The lowest BCUT2D eigenvalue weighted by Crippen LogP contribution is -2.81. The van der Waals surface area contributed by atoms with Crippen LogP contribution in [0.2, 0.25) is 0 Å². The number of pyridine rings is 1. The molecule has 72 heavy (non-hydrogen) atoms. The van der Waals surface area contributed by atoms with Crippen LogP contribution in [0.3, 0.4) is 0 Å². The van der Waals surface area contributed by atoms with Crippen LogP contribution < -0.4 is 29.6 Å². The van der Waals surface area contributed by atoms with Crippen LogP contribution >= 0.6 is 23.1 Å². The Bertz CT molecular complexity index is 2990. The summed E-state index contributed by atoms with van der Waals surface area (Å²) in [6.07, 6.45) is 2.93. The molecule has 0 aliphatic carbocycles. The minimum absolute atomic E-state index is 0.136. The van der Waals surface area contributed by atoms with Gasteiger partial charge >= 0.3 is 5.97 Å². The van der Waals surface area contributed by atoms with Gasteiger partial charge in [0.05, 0.1) is 32.7 Å². The molecule has 2 aliphatic heterocycles. The number of β-lactam (4-membered cyclic amide) rings is 1. The van der Waals surface area contributed by atoms with Crippen LogP contribution in [-0.4, -0.2) is 81.7 Å². The lowest BCUT2D eigenvalue weighted by atomic mass is 9.77. The van der Waals surface area contributed by atoms with E-state index >= 15 is 0 Å². The van der Waals surface area contributed by atoms with E-state index in [2.05, 4.69) is 20.8 Å². The average molecular weight is 1010 g/mol. The van der Waals surface area contributed by atoms with E-state index < -0.39 is 34.4 Å². The topological polar surface area (TPSA) is 192 Å². The minimum atomic E-state index is -2.10. The van der Waals surface area contributed by atoms with Crippen molar-refractivity contribution in [2.75, 3.05) is 32.4 Å². The van der Waals surface area contributed by atoms with Crippen LogP contribution in [0.4, 0.5) is 5.13 Å². The van der Waals surface area contributed by atoms with Crippen molar-refractivity contribution in [3.05, 3.63) is 208 Å². The number of methoxy groups -OCH3 is 2. The van der Waals surface area contributed by atoms with E-state index in [-0.39, 0.29) is 42.7 Å². The quantitative estimate of drug-likeness (QED) is 0.0204. The highest BCUT2D eigenvalue weighted by Crippen LogP contribution is 2.46. The number of carbonyl (C=O) groups is 3. The van der Waals surface area contributed by atoms with E-state index in [1.807, 2.05) is 140 Å². The molecular weight excluding hydrogens is 957 g/mol. The zero-order valence-electron chi connectivity index (χ0n) is 39.2. The number of amides is 2. The number of aliphatic carboxylic acids is 1. The molecule has 3 N–H and O–H groups in total. The number of aromatic nitrogens is 2. The second-order valence-corrected chi connectivity index (χ2v) is 18.2. The van der Waals surface area contributed by atoms with Gasteiger partial charge < -0.3 is 44.3 Å². The second kappa shape index (κ2) is 21.8. The smallest absolute Gasteiger partial charge is 0.352 e. The maximum Gasteiger partial charge on any atom is 0.352 e. The Labute approximate surface area is 423 Å². The molecule has 5 aromatic carbocycles. The van der Waals surface area contributed by atoms with Crippen LogP contribution in [-0.2, 0) is 49.3 Å². The van der Waals surface area contributed by atoms with Gasteiger partial charge in [-0.1, -0.05) is 120 Å². The third-order valence-electron chi connectivity index (χ3n) is 11.9. The molecule has 1 saturated heterocycles. The predicted molar refractivity (Wildman–Crippen MR) is 272 cm³/mol. The molecule has 0 bridgehead atoms. The lowest BCUT2D eigenvalue weighted by Gasteiger charge is -2.55. The first kappa shape index (κ1) is 48.8. The third-order valence-corrected chi connectivity index (χ3v) is 13.9. The van der Waals surface area contributed by atoms with Gasteiger partial charge in [0.1, 0.15) is 54.1 Å². The number of thiazole rings is 1. The molecule has 0 spiro atoms. The van der Waals surface area contributed by atoms with Crippen molar-refractivity contribution in [3.63, 3.8) is 0 Å². The third kappa shape index (κ3) is 10.0. The molecule has 9 rings (SSSR count). The van der Waals surface area contributed by atoms with Crippen LogP contribution in [0.5, 0.6) is 23.0 Å². The molecule has 0 unspecified atom stereocenters. The van der Waals surface area contributed by atoms with Gasteiger partial charge in [-0.2, -0.15) is 0 Å². The number of fused-ring (bicyclic) bond motifs is 1. The fraction of sp³-hybridized carbons (Fsp3) is 0.185. The van der Waals surface area contributed by atoms with E-state index in [1.54, 1.807) is 25.7 Å². The highest BCUT2D eigenvalue weighted by molar-refractivity contribution is 8.00. The molecule has 2 aliphatic rings. The number of rotatable bonds is 21. The minimum Gasteiger partial charge on any atom is -0.497 e. The number of carboxylic acid groups (broad SMARTS) is 1. The predicted octanol–water partition coefficient (Wildman–Crippen LogP) is 8.38. The zero-order valence-corrected chi connectivity index (χ0v) is 40.9. The Balaban J connectivity index is 1.01. The fourth-order valence-corrected chi connectivity index (χ4v) is 10.4. The number of benzene rings is 5. The van der Waals surface area contributed by atoms with E-state index in [0.717, 1.165) is 32.7 Å². The number of ether oxygens (including phenoxy) is 5. The maximum atomic E-state index is 14.7. The summed E-state index contributed by atoms with van der Waals surface area (Å²) in [7, 11) is 4.48.